The molecule has 0 saturated carbocycles. The number of rotatable bonds is 7. The number of amides is 2. The second-order valence-electron chi connectivity index (χ2n) is 8.14. The van der Waals surface area contributed by atoms with Gasteiger partial charge in [0.1, 0.15) is 0 Å². The van der Waals surface area contributed by atoms with E-state index in [1.807, 2.05) is 13.8 Å². The SMILES string of the molecule is CC(C)NC(=O)CN1CCCN(C(=O)c2cccc(NS(=O)(=O)c3ccccc3)c2)CC1. The first-order valence-electron chi connectivity index (χ1n) is 10.7. The maximum atomic E-state index is 13.1. The summed E-state index contributed by atoms with van der Waals surface area (Å²) in [7, 11) is -3.73. The van der Waals surface area contributed by atoms with Gasteiger partial charge in [0.2, 0.25) is 5.91 Å². The summed E-state index contributed by atoms with van der Waals surface area (Å²) in [5, 5.41) is 2.89. The van der Waals surface area contributed by atoms with E-state index in [1.54, 1.807) is 47.4 Å². The van der Waals surface area contributed by atoms with Crippen molar-refractivity contribution in [1.82, 2.24) is 15.1 Å². The summed E-state index contributed by atoms with van der Waals surface area (Å²) >= 11 is 0. The van der Waals surface area contributed by atoms with Crippen molar-refractivity contribution in [2.75, 3.05) is 37.4 Å². The molecule has 2 aromatic carbocycles. The number of carbonyl (C=O) groups is 2. The molecule has 3 rings (SSSR count). The molecule has 1 aliphatic heterocycles. The van der Waals surface area contributed by atoms with E-state index < -0.39 is 10.0 Å². The molecule has 2 aromatic rings. The molecule has 1 heterocycles. The smallest absolute Gasteiger partial charge is 0.261 e. The number of hydrogen-bond donors (Lipinski definition) is 2. The maximum absolute atomic E-state index is 13.1. The molecule has 1 saturated heterocycles. The van der Waals surface area contributed by atoms with Crippen LogP contribution in [-0.4, -0.2) is 68.8 Å². The van der Waals surface area contributed by atoms with E-state index in [4.69, 9.17) is 0 Å². The maximum Gasteiger partial charge on any atom is 0.261 e. The molecular formula is C23H30N4O4S. The summed E-state index contributed by atoms with van der Waals surface area (Å²) in [6.07, 6.45) is 0.765. The highest BCUT2D eigenvalue weighted by molar-refractivity contribution is 7.92. The Morgan fingerprint density at radius 2 is 1.72 bits per heavy atom. The second kappa shape index (κ2) is 10.6. The van der Waals surface area contributed by atoms with Crippen LogP contribution in [-0.2, 0) is 14.8 Å². The van der Waals surface area contributed by atoms with Gasteiger partial charge in [-0.05, 0) is 50.6 Å². The van der Waals surface area contributed by atoms with E-state index in [0.29, 0.717) is 37.4 Å². The molecule has 0 aliphatic carbocycles. The van der Waals surface area contributed by atoms with Crippen LogP contribution in [0.5, 0.6) is 0 Å². The van der Waals surface area contributed by atoms with Gasteiger partial charge in [0.05, 0.1) is 11.4 Å². The lowest BCUT2D eigenvalue weighted by Crippen LogP contribution is -2.42. The van der Waals surface area contributed by atoms with Gasteiger partial charge >= 0.3 is 0 Å². The summed E-state index contributed by atoms with van der Waals surface area (Å²) in [4.78, 5) is 29.1. The third-order valence-electron chi connectivity index (χ3n) is 5.11. The topological polar surface area (TPSA) is 98.8 Å². The zero-order chi connectivity index (χ0) is 23.1. The number of carbonyl (C=O) groups excluding carboxylic acids is 2. The lowest BCUT2D eigenvalue weighted by molar-refractivity contribution is -0.122. The van der Waals surface area contributed by atoms with Crippen molar-refractivity contribution in [3.63, 3.8) is 0 Å². The molecule has 8 nitrogen and oxygen atoms in total. The Balaban J connectivity index is 1.64. The van der Waals surface area contributed by atoms with Crippen LogP contribution in [0.3, 0.4) is 0 Å². The molecular weight excluding hydrogens is 428 g/mol. The predicted octanol–water partition coefficient (Wildman–Crippen LogP) is 2.16. The number of hydrogen-bond acceptors (Lipinski definition) is 5. The molecule has 1 aliphatic rings. The molecule has 0 radical (unpaired) electrons. The summed E-state index contributed by atoms with van der Waals surface area (Å²) in [5.41, 5.74) is 0.755. The van der Waals surface area contributed by atoms with Crippen molar-refractivity contribution in [3.05, 3.63) is 60.2 Å². The molecule has 2 amide bonds. The predicted molar refractivity (Wildman–Crippen MR) is 124 cm³/mol. The summed E-state index contributed by atoms with van der Waals surface area (Å²) in [6.45, 7) is 6.61. The lowest BCUT2D eigenvalue weighted by Gasteiger charge is -2.22. The van der Waals surface area contributed by atoms with Crippen molar-refractivity contribution in [2.45, 2.75) is 31.2 Å². The normalized spacial score (nSPS) is 15.3. The molecule has 0 spiro atoms. The molecule has 0 atom stereocenters. The van der Waals surface area contributed by atoms with Gasteiger partial charge in [0, 0.05) is 43.5 Å². The van der Waals surface area contributed by atoms with Crippen LogP contribution < -0.4 is 10.0 Å². The van der Waals surface area contributed by atoms with Gasteiger partial charge in [-0.25, -0.2) is 8.42 Å². The van der Waals surface area contributed by atoms with Crippen LogP contribution in [0.4, 0.5) is 5.69 Å². The minimum Gasteiger partial charge on any atom is -0.353 e. The lowest BCUT2D eigenvalue weighted by atomic mass is 10.1. The molecule has 172 valence electrons. The largest absolute Gasteiger partial charge is 0.353 e. The Bertz CT molecular complexity index is 1040. The molecule has 0 aromatic heterocycles. The van der Waals surface area contributed by atoms with Crippen molar-refractivity contribution in [3.8, 4) is 0 Å². The quantitative estimate of drug-likeness (QED) is 0.663. The Labute approximate surface area is 189 Å². The van der Waals surface area contributed by atoms with Gasteiger partial charge in [-0.15, -0.1) is 0 Å². The third-order valence-corrected chi connectivity index (χ3v) is 6.51. The Morgan fingerprint density at radius 1 is 0.969 bits per heavy atom. The van der Waals surface area contributed by atoms with E-state index in [2.05, 4.69) is 14.9 Å². The number of benzene rings is 2. The fourth-order valence-corrected chi connectivity index (χ4v) is 4.69. The van der Waals surface area contributed by atoms with Crippen molar-refractivity contribution >= 4 is 27.5 Å². The molecule has 9 heteroatoms. The van der Waals surface area contributed by atoms with Crippen molar-refractivity contribution in [2.24, 2.45) is 0 Å². The summed E-state index contributed by atoms with van der Waals surface area (Å²) in [5.74, 6) is -0.169. The number of nitrogens with one attached hydrogen (secondary N) is 2. The molecule has 1 fully saturated rings. The first-order chi connectivity index (χ1) is 15.2. The standard InChI is InChI=1S/C23H30N4O4S/c1-18(2)24-22(28)17-26-12-7-13-27(15-14-26)23(29)19-8-6-9-20(16-19)25-32(30,31)21-10-4-3-5-11-21/h3-6,8-11,16,18,25H,7,12-15,17H2,1-2H3,(H,24,28). The van der Waals surface area contributed by atoms with E-state index in [1.165, 1.54) is 12.1 Å². The Kier molecular flexibility index (Phi) is 7.87. The highest BCUT2D eigenvalue weighted by Gasteiger charge is 2.22. The number of anilines is 1. The van der Waals surface area contributed by atoms with Gasteiger partial charge in [-0.3, -0.25) is 19.2 Å². The van der Waals surface area contributed by atoms with Crippen LogP contribution in [0, 0.1) is 0 Å². The van der Waals surface area contributed by atoms with Crippen molar-refractivity contribution < 1.29 is 18.0 Å². The van der Waals surface area contributed by atoms with Gasteiger partial charge in [-0.1, -0.05) is 24.3 Å². The van der Waals surface area contributed by atoms with E-state index in [-0.39, 0.29) is 22.8 Å². The fourth-order valence-electron chi connectivity index (χ4n) is 3.61. The van der Waals surface area contributed by atoms with E-state index in [0.717, 1.165) is 13.0 Å². The van der Waals surface area contributed by atoms with Gasteiger partial charge in [0.15, 0.2) is 0 Å². The van der Waals surface area contributed by atoms with Crippen LogP contribution in [0.1, 0.15) is 30.6 Å². The second-order valence-corrected chi connectivity index (χ2v) is 9.83. The minimum atomic E-state index is -3.73. The third kappa shape index (κ3) is 6.54. The zero-order valence-corrected chi connectivity index (χ0v) is 19.3. The van der Waals surface area contributed by atoms with Gasteiger partial charge < -0.3 is 10.2 Å². The van der Waals surface area contributed by atoms with Crippen LogP contribution in [0.15, 0.2) is 59.5 Å². The first kappa shape index (κ1) is 23.7. The molecule has 2 N–H and O–H groups in total. The van der Waals surface area contributed by atoms with Crippen LogP contribution >= 0.6 is 0 Å². The molecule has 0 bridgehead atoms. The first-order valence-corrected chi connectivity index (χ1v) is 12.2. The minimum absolute atomic E-state index is 0.0156. The number of sulfonamides is 1. The summed E-state index contributed by atoms with van der Waals surface area (Å²) < 4.78 is 27.7. The number of nitrogens with zero attached hydrogens (tertiary/aromatic N) is 2. The Hall–Kier alpha value is -2.91. The molecule has 0 unspecified atom stereocenters. The van der Waals surface area contributed by atoms with Crippen molar-refractivity contribution in [1.29, 1.82) is 0 Å². The van der Waals surface area contributed by atoms with E-state index >= 15 is 0 Å². The summed E-state index contributed by atoms with van der Waals surface area (Å²) in [6, 6.07) is 14.7. The van der Waals surface area contributed by atoms with Gasteiger partial charge in [-0.2, -0.15) is 0 Å². The monoisotopic (exact) mass is 458 g/mol. The average molecular weight is 459 g/mol. The zero-order valence-electron chi connectivity index (χ0n) is 18.5. The van der Waals surface area contributed by atoms with E-state index in [9.17, 15) is 18.0 Å². The average Bonchev–Trinajstić information content (AvgIpc) is 2.98. The van der Waals surface area contributed by atoms with Gasteiger partial charge in [0.25, 0.3) is 15.9 Å². The highest BCUT2D eigenvalue weighted by Crippen LogP contribution is 2.18. The van der Waals surface area contributed by atoms with Crippen LogP contribution in [0.25, 0.3) is 0 Å². The fraction of sp³-hybridized carbons (Fsp3) is 0.391. The molecule has 32 heavy (non-hydrogen) atoms. The Morgan fingerprint density at radius 3 is 2.44 bits per heavy atom. The highest BCUT2D eigenvalue weighted by atomic mass is 32.2. The van der Waals surface area contributed by atoms with Crippen LogP contribution in [0.2, 0.25) is 0 Å².